The van der Waals surface area contributed by atoms with Gasteiger partial charge in [-0.15, -0.1) is 0 Å². The van der Waals surface area contributed by atoms with Gasteiger partial charge in [-0.3, -0.25) is 9.59 Å². The fourth-order valence-corrected chi connectivity index (χ4v) is 10.4. The maximum Gasteiger partial charge on any atom is 0.305 e. The van der Waals surface area contributed by atoms with Gasteiger partial charge >= 0.3 is 5.97 Å². The molecule has 0 aromatic rings. The van der Waals surface area contributed by atoms with E-state index >= 15 is 0 Å². The number of allylic oxidation sites excluding steroid dienone is 8. The first-order valence-corrected chi connectivity index (χ1v) is 33.9. The molecule has 0 radical (unpaired) electrons. The van der Waals surface area contributed by atoms with Crippen molar-refractivity contribution in [3.8, 4) is 0 Å². The maximum atomic E-state index is 12.5. The standard InChI is InChI=1S/C70H131NO5/c1-3-5-7-9-11-13-15-17-19-21-32-36-40-44-48-52-56-60-64-70(75)76-65-61-57-53-49-45-41-37-33-30-28-26-24-22-23-25-27-29-31-35-39-43-47-51-55-59-63-69(74)71-67(66-72)68(73)62-58-54-50-46-42-38-34-20-18-16-14-12-10-8-6-4-2/h13,15,19,21,23-26,67-68,72-73H,3-12,14,16-18,20,22,27-66H2,1-2H3,(H,71,74)/b15-13-,21-19-,25-23-,26-24-. The lowest BCUT2D eigenvalue weighted by atomic mass is 10.0. The largest absolute Gasteiger partial charge is 0.466 e. The highest BCUT2D eigenvalue weighted by atomic mass is 16.5. The monoisotopic (exact) mass is 1070 g/mol. The van der Waals surface area contributed by atoms with Crippen molar-refractivity contribution in [2.24, 2.45) is 0 Å². The van der Waals surface area contributed by atoms with Gasteiger partial charge < -0.3 is 20.3 Å². The molecule has 0 fully saturated rings. The van der Waals surface area contributed by atoms with Crippen molar-refractivity contribution in [2.75, 3.05) is 13.2 Å². The number of hydrogen-bond acceptors (Lipinski definition) is 5. The van der Waals surface area contributed by atoms with Gasteiger partial charge in [-0.25, -0.2) is 0 Å². The van der Waals surface area contributed by atoms with Crippen LogP contribution in [-0.2, 0) is 14.3 Å². The second-order valence-corrected chi connectivity index (χ2v) is 23.1. The van der Waals surface area contributed by atoms with E-state index in [1.807, 2.05) is 0 Å². The highest BCUT2D eigenvalue weighted by Crippen LogP contribution is 2.18. The van der Waals surface area contributed by atoms with Crippen LogP contribution in [0, 0.1) is 0 Å². The van der Waals surface area contributed by atoms with Crippen LogP contribution >= 0.6 is 0 Å². The summed E-state index contributed by atoms with van der Waals surface area (Å²) in [6.45, 7) is 4.95. The molecule has 0 heterocycles. The molecule has 0 spiro atoms. The van der Waals surface area contributed by atoms with Gasteiger partial charge in [-0.05, 0) is 89.9 Å². The van der Waals surface area contributed by atoms with Crippen LogP contribution in [0.15, 0.2) is 48.6 Å². The Bertz CT molecular complexity index is 1270. The number of aliphatic hydroxyl groups is 2. The molecule has 0 saturated carbocycles. The minimum Gasteiger partial charge on any atom is -0.466 e. The number of carbonyl (C=O) groups is 2. The first kappa shape index (κ1) is 73.8. The molecule has 0 aromatic heterocycles. The third-order valence-corrected chi connectivity index (χ3v) is 15.6. The lowest BCUT2D eigenvalue weighted by Crippen LogP contribution is -2.45. The van der Waals surface area contributed by atoms with E-state index in [2.05, 4.69) is 67.8 Å². The van der Waals surface area contributed by atoms with Gasteiger partial charge in [-0.1, -0.05) is 306 Å². The second kappa shape index (κ2) is 65.3. The first-order valence-electron chi connectivity index (χ1n) is 33.9. The average Bonchev–Trinajstić information content (AvgIpc) is 3.42. The molecular formula is C70H131NO5. The van der Waals surface area contributed by atoms with Gasteiger partial charge in [0, 0.05) is 12.8 Å². The number of rotatable bonds is 63. The molecule has 2 atom stereocenters. The average molecular weight is 1070 g/mol. The molecule has 0 aliphatic rings. The second-order valence-electron chi connectivity index (χ2n) is 23.1. The zero-order valence-electron chi connectivity index (χ0n) is 51.0. The number of ether oxygens (including phenoxy) is 1. The topological polar surface area (TPSA) is 95.9 Å². The fraction of sp³-hybridized carbons (Fsp3) is 0.857. The number of nitrogens with one attached hydrogen (secondary N) is 1. The zero-order chi connectivity index (χ0) is 55.0. The van der Waals surface area contributed by atoms with Gasteiger partial charge in [0.1, 0.15) is 0 Å². The van der Waals surface area contributed by atoms with Crippen LogP contribution in [0.1, 0.15) is 361 Å². The van der Waals surface area contributed by atoms with E-state index < -0.39 is 12.1 Å². The van der Waals surface area contributed by atoms with E-state index in [4.69, 9.17) is 4.74 Å². The highest BCUT2D eigenvalue weighted by molar-refractivity contribution is 5.76. The minimum atomic E-state index is -0.669. The van der Waals surface area contributed by atoms with E-state index in [1.165, 1.54) is 270 Å². The summed E-state index contributed by atoms with van der Waals surface area (Å²) in [7, 11) is 0. The molecule has 0 aliphatic carbocycles. The van der Waals surface area contributed by atoms with Crippen LogP contribution in [-0.4, -0.2) is 47.4 Å². The van der Waals surface area contributed by atoms with Gasteiger partial charge in [0.2, 0.25) is 5.91 Å². The fourth-order valence-electron chi connectivity index (χ4n) is 10.4. The molecule has 0 saturated heterocycles. The van der Waals surface area contributed by atoms with Crippen LogP contribution in [0.2, 0.25) is 0 Å². The lowest BCUT2D eigenvalue weighted by Gasteiger charge is -2.22. The Labute approximate surface area is 474 Å². The van der Waals surface area contributed by atoms with Crippen molar-refractivity contribution < 1.29 is 24.5 Å². The number of carbonyl (C=O) groups excluding carboxylic acids is 2. The number of amides is 1. The van der Waals surface area contributed by atoms with Crippen LogP contribution in [0.3, 0.4) is 0 Å². The third kappa shape index (κ3) is 61.0. The van der Waals surface area contributed by atoms with Gasteiger partial charge in [0.15, 0.2) is 0 Å². The van der Waals surface area contributed by atoms with Crippen molar-refractivity contribution in [1.82, 2.24) is 5.32 Å². The summed E-state index contributed by atoms with van der Waals surface area (Å²) in [5.74, 6) is -0.0376. The van der Waals surface area contributed by atoms with E-state index in [0.717, 1.165) is 57.8 Å². The molecule has 6 nitrogen and oxygen atoms in total. The molecule has 2 unspecified atom stereocenters. The summed E-state index contributed by atoms with van der Waals surface area (Å²) in [5.41, 5.74) is 0. The summed E-state index contributed by atoms with van der Waals surface area (Å²) in [5, 5.41) is 23.3. The Kier molecular flexibility index (Phi) is 63.5. The number of hydrogen-bond donors (Lipinski definition) is 3. The van der Waals surface area contributed by atoms with Crippen molar-refractivity contribution in [3.63, 3.8) is 0 Å². The van der Waals surface area contributed by atoms with Gasteiger partial charge in [0.25, 0.3) is 0 Å². The summed E-state index contributed by atoms with van der Waals surface area (Å²) in [6.07, 6.45) is 84.2. The van der Waals surface area contributed by atoms with Crippen molar-refractivity contribution in [1.29, 1.82) is 0 Å². The van der Waals surface area contributed by atoms with E-state index in [9.17, 15) is 19.8 Å². The van der Waals surface area contributed by atoms with Gasteiger partial charge in [-0.2, -0.15) is 0 Å². The van der Waals surface area contributed by atoms with Crippen molar-refractivity contribution in [2.45, 2.75) is 373 Å². The molecule has 76 heavy (non-hydrogen) atoms. The molecule has 1 amide bonds. The summed E-state index contributed by atoms with van der Waals surface area (Å²) in [6, 6.07) is -0.547. The SMILES string of the molecule is CCCCCC/C=C\C/C=C\CCCCCCCCCC(=O)OCCCCCCCCCCC/C=C\C/C=C\CCCCCCCCCCCC(=O)NC(CO)C(O)CCCCCCCCCCCCCCCCCC. The minimum absolute atomic E-state index is 0.00177. The predicted octanol–water partition coefficient (Wildman–Crippen LogP) is 21.7. The van der Waals surface area contributed by atoms with E-state index in [-0.39, 0.29) is 18.5 Å². The summed E-state index contributed by atoms with van der Waals surface area (Å²) < 4.78 is 5.49. The van der Waals surface area contributed by atoms with Crippen LogP contribution < -0.4 is 5.32 Å². The lowest BCUT2D eigenvalue weighted by molar-refractivity contribution is -0.143. The van der Waals surface area contributed by atoms with Crippen LogP contribution in [0.4, 0.5) is 0 Å². The molecule has 6 heteroatoms. The molecule has 0 rings (SSSR count). The normalized spacial score (nSPS) is 12.8. The molecule has 0 aromatic carbocycles. The summed E-state index contributed by atoms with van der Waals surface area (Å²) >= 11 is 0. The Hall–Kier alpha value is -2.18. The smallest absolute Gasteiger partial charge is 0.305 e. The predicted molar refractivity (Wildman–Crippen MR) is 333 cm³/mol. The maximum absolute atomic E-state index is 12.5. The van der Waals surface area contributed by atoms with Crippen LogP contribution in [0.5, 0.6) is 0 Å². The van der Waals surface area contributed by atoms with Crippen molar-refractivity contribution >= 4 is 11.9 Å². The van der Waals surface area contributed by atoms with E-state index in [1.54, 1.807) is 0 Å². The van der Waals surface area contributed by atoms with Crippen LogP contribution in [0.25, 0.3) is 0 Å². The van der Waals surface area contributed by atoms with Crippen molar-refractivity contribution in [3.05, 3.63) is 48.6 Å². The summed E-state index contributed by atoms with van der Waals surface area (Å²) in [4.78, 5) is 24.6. The molecule has 446 valence electrons. The highest BCUT2D eigenvalue weighted by Gasteiger charge is 2.20. The zero-order valence-corrected chi connectivity index (χ0v) is 51.0. The Morgan fingerprint density at radius 3 is 1.01 bits per heavy atom. The number of unbranched alkanes of at least 4 members (excludes halogenated alkanes) is 44. The molecule has 0 aliphatic heterocycles. The molecule has 0 bridgehead atoms. The first-order chi connectivity index (χ1) is 37.5. The molecule has 3 N–H and O–H groups in total. The Balaban J connectivity index is 3.43. The third-order valence-electron chi connectivity index (χ3n) is 15.6. The number of esters is 1. The Morgan fingerprint density at radius 2 is 0.658 bits per heavy atom. The molecular weight excluding hydrogens is 935 g/mol. The number of aliphatic hydroxyl groups excluding tert-OH is 2. The Morgan fingerprint density at radius 1 is 0.368 bits per heavy atom. The van der Waals surface area contributed by atoms with Gasteiger partial charge in [0.05, 0.1) is 25.4 Å². The van der Waals surface area contributed by atoms with E-state index in [0.29, 0.717) is 25.9 Å². The quantitative estimate of drug-likeness (QED) is 0.0320.